The van der Waals surface area contributed by atoms with Gasteiger partial charge in [0.05, 0.1) is 35.8 Å². The van der Waals surface area contributed by atoms with Crippen LogP contribution in [0.2, 0.25) is 5.02 Å². The second kappa shape index (κ2) is 21.8. The van der Waals surface area contributed by atoms with Gasteiger partial charge in [0.2, 0.25) is 17.8 Å². The van der Waals surface area contributed by atoms with Crippen LogP contribution in [0.15, 0.2) is 71.8 Å². The molecule has 7 rings (SSSR count). The van der Waals surface area contributed by atoms with Gasteiger partial charge in [-0.05, 0) is 81.3 Å². The second-order valence-electron chi connectivity index (χ2n) is 16.9. The van der Waals surface area contributed by atoms with Gasteiger partial charge in [-0.15, -0.1) is 11.8 Å². The molecule has 0 bridgehead atoms. The minimum Gasteiger partial charge on any atom is -0.494 e. The number of rotatable bonds is 21. The molecule has 0 spiro atoms. The average molecular weight is 930 g/mol. The fourth-order valence-electron chi connectivity index (χ4n) is 8.48. The van der Waals surface area contributed by atoms with Crippen LogP contribution in [0.5, 0.6) is 5.75 Å². The van der Waals surface area contributed by atoms with Crippen molar-refractivity contribution in [2.75, 3.05) is 74.4 Å². The number of nitrogens with zero attached hydrogens (tertiary/aromatic N) is 5. The number of piperazine rings is 1. The van der Waals surface area contributed by atoms with Crippen LogP contribution in [0.1, 0.15) is 91.3 Å². The van der Waals surface area contributed by atoms with Crippen LogP contribution in [0, 0.1) is 0 Å². The summed E-state index contributed by atoms with van der Waals surface area (Å²) in [5.74, 6) is 0.409. The van der Waals surface area contributed by atoms with Crippen LogP contribution < -0.4 is 30.9 Å². The molecule has 3 aliphatic heterocycles. The van der Waals surface area contributed by atoms with E-state index >= 15 is 0 Å². The van der Waals surface area contributed by atoms with Gasteiger partial charge in [0, 0.05) is 54.6 Å². The van der Waals surface area contributed by atoms with Crippen LogP contribution in [0.25, 0.3) is 0 Å². The monoisotopic (exact) mass is 928 g/mol. The smallest absolute Gasteiger partial charge is 0.263 e. The van der Waals surface area contributed by atoms with Gasteiger partial charge >= 0.3 is 0 Å². The number of aromatic nitrogens is 2. The zero-order chi connectivity index (χ0) is 45.2. The van der Waals surface area contributed by atoms with E-state index in [-0.39, 0.29) is 18.7 Å². The Bertz CT molecular complexity index is 2390. The molecule has 1 unspecified atom stereocenters. The first-order valence-electron chi connectivity index (χ1n) is 22.2. The van der Waals surface area contributed by atoms with Gasteiger partial charge in [-0.25, -0.2) is 4.98 Å². The summed E-state index contributed by atoms with van der Waals surface area (Å²) in [7, 11) is -0.888. The number of hydrogen-bond acceptors (Lipinski definition) is 13. The maximum absolute atomic E-state index is 13.3. The molecule has 4 amide bonds. The van der Waals surface area contributed by atoms with Gasteiger partial charge in [-0.1, -0.05) is 74.7 Å². The summed E-state index contributed by atoms with van der Waals surface area (Å²) in [5.41, 5.74) is 3.24. The maximum atomic E-state index is 13.3. The number of benzene rings is 3. The molecule has 64 heavy (non-hydrogen) atoms. The number of piperidine rings is 1. The van der Waals surface area contributed by atoms with E-state index in [1.54, 1.807) is 44.3 Å². The minimum absolute atomic E-state index is 0.106. The molecule has 2 saturated heterocycles. The van der Waals surface area contributed by atoms with E-state index in [2.05, 4.69) is 41.8 Å². The number of halogens is 1. The van der Waals surface area contributed by atoms with Crippen LogP contribution in [0.3, 0.4) is 0 Å². The highest BCUT2D eigenvalue weighted by atomic mass is 35.5. The molecule has 4 aromatic rings. The first-order chi connectivity index (χ1) is 30.9. The number of anilines is 5. The zero-order valence-electron chi connectivity index (χ0n) is 36.9. The first-order valence-corrected chi connectivity index (χ1v) is 26.2. The van der Waals surface area contributed by atoms with Crippen LogP contribution in [-0.4, -0.2) is 108 Å². The van der Waals surface area contributed by atoms with E-state index in [4.69, 9.17) is 16.3 Å². The van der Waals surface area contributed by atoms with Gasteiger partial charge in [0.25, 0.3) is 11.8 Å². The number of fused-ring (bicyclic) bond motifs is 1. The Balaban J connectivity index is 0.756. The van der Waals surface area contributed by atoms with Gasteiger partial charge in [0.1, 0.15) is 24.0 Å². The molecular weight excluding hydrogens is 871 g/mol. The molecule has 0 radical (unpaired) electrons. The molecule has 0 saturated carbocycles. The summed E-state index contributed by atoms with van der Waals surface area (Å²) in [5, 5.41) is 9.84. The van der Waals surface area contributed by atoms with Crippen molar-refractivity contribution in [2.24, 2.45) is 0 Å². The molecular formula is C47H58ClN8O6PS. The summed E-state index contributed by atoms with van der Waals surface area (Å²) in [6, 6.07) is 17.9. The van der Waals surface area contributed by atoms with Crippen molar-refractivity contribution in [2.45, 2.75) is 81.6 Å². The number of hydrogen-bond donors (Lipinski definition) is 3. The number of amides is 4. The molecule has 17 heteroatoms. The summed E-state index contributed by atoms with van der Waals surface area (Å²) < 4.78 is 18.7. The van der Waals surface area contributed by atoms with Crippen LogP contribution >= 0.6 is 30.5 Å². The molecule has 340 valence electrons. The highest BCUT2D eigenvalue weighted by Crippen LogP contribution is 2.39. The van der Waals surface area contributed by atoms with Crippen LogP contribution in [0.4, 0.5) is 28.8 Å². The standard InChI is InChI=1S/C47H58ClN8O6PS/c1-62-38-30-32(20-21-35(38)51-47-49-31-34(48)43(53-47)50-36-17-11-12-18-39(36)63(2,3)61)55-27-25-54(26-28-55)24-13-9-7-5-4-6-8-10-14-29-64-40-19-15-16-33-42(40)46(60)56(45(33)59)37-22-23-41(57)52-44(37)58/h11-12,15-21,30-31,37H,4-10,13-14,22-29H2,1-3H3,(H,52,57,58)(H2,49,50,51,53). The SMILES string of the molecule is COc1cc(N2CCN(CCCCCCCCCCCSc3cccc4c3C(=O)N(C3CCC(=O)NC3=O)C4=O)CC2)ccc1Nc1ncc(Cl)c(Nc2ccccc2P(C)(C)=O)n1. The van der Waals surface area contributed by atoms with E-state index in [0.29, 0.717) is 39.4 Å². The second-order valence-corrected chi connectivity index (χ2v) is 21.6. The number of thioether (sulfide) groups is 1. The zero-order valence-corrected chi connectivity index (χ0v) is 39.3. The summed E-state index contributed by atoms with van der Waals surface area (Å²) >= 11 is 8.06. The quantitative estimate of drug-likeness (QED) is 0.0315. The number of nitrogens with one attached hydrogen (secondary N) is 3. The number of carbonyl (C=O) groups is 4. The lowest BCUT2D eigenvalue weighted by atomic mass is 10.0. The van der Waals surface area contributed by atoms with Crippen LogP contribution in [-0.2, 0) is 14.2 Å². The van der Waals surface area contributed by atoms with Crippen molar-refractivity contribution in [3.63, 3.8) is 0 Å². The molecule has 3 aromatic carbocycles. The molecule has 4 heterocycles. The highest BCUT2D eigenvalue weighted by molar-refractivity contribution is 7.99. The third-order valence-corrected chi connectivity index (χ3v) is 14.9. The Hall–Kier alpha value is -4.95. The number of methoxy groups -OCH3 is 1. The molecule has 1 atom stereocenters. The van der Waals surface area contributed by atoms with E-state index in [9.17, 15) is 23.7 Å². The Morgan fingerprint density at radius 1 is 0.844 bits per heavy atom. The normalized spacial score (nSPS) is 16.8. The fourth-order valence-corrected chi connectivity index (χ4v) is 10.9. The van der Waals surface area contributed by atoms with E-state index in [1.807, 2.05) is 42.5 Å². The Labute approximate surface area is 385 Å². The van der Waals surface area contributed by atoms with E-state index in [1.165, 1.54) is 51.1 Å². The van der Waals surface area contributed by atoms with Crippen molar-refractivity contribution >= 4 is 88.3 Å². The maximum Gasteiger partial charge on any atom is 0.263 e. The number of ether oxygens (including phenoxy) is 1. The lowest BCUT2D eigenvalue weighted by Gasteiger charge is -2.36. The minimum atomic E-state index is -2.54. The van der Waals surface area contributed by atoms with Crippen molar-refractivity contribution in [1.82, 2.24) is 25.1 Å². The summed E-state index contributed by atoms with van der Waals surface area (Å²) in [4.78, 5) is 66.2. The van der Waals surface area contributed by atoms with Crippen molar-refractivity contribution < 1.29 is 28.5 Å². The molecule has 3 N–H and O–H groups in total. The van der Waals surface area contributed by atoms with Crippen molar-refractivity contribution in [1.29, 1.82) is 0 Å². The number of para-hydroxylation sites is 1. The Kier molecular flexibility index (Phi) is 16.0. The van der Waals surface area contributed by atoms with Crippen molar-refractivity contribution in [3.8, 4) is 5.75 Å². The first kappa shape index (κ1) is 47.0. The largest absolute Gasteiger partial charge is 0.494 e. The van der Waals surface area contributed by atoms with Gasteiger partial charge < -0.3 is 24.8 Å². The van der Waals surface area contributed by atoms with Gasteiger partial charge in [-0.2, -0.15) is 4.98 Å². The highest BCUT2D eigenvalue weighted by Gasteiger charge is 2.45. The fraction of sp³-hybridized carbons (Fsp3) is 0.447. The predicted molar refractivity (Wildman–Crippen MR) is 256 cm³/mol. The van der Waals surface area contributed by atoms with Gasteiger partial charge in [0.15, 0.2) is 5.82 Å². The van der Waals surface area contributed by atoms with E-state index < -0.39 is 30.9 Å². The average Bonchev–Trinajstić information content (AvgIpc) is 3.54. The third-order valence-electron chi connectivity index (χ3n) is 12.0. The Morgan fingerprint density at radius 2 is 1.56 bits per heavy atom. The molecule has 0 aliphatic carbocycles. The molecule has 14 nitrogen and oxygen atoms in total. The Morgan fingerprint density at radius 3 is 2.28 bits per heavy atom. The number of carbonyl (C=O) groups excluding carboxylic acids is 4. The van der Waals surface area contributed by atoms with E-state index in [0.717, 1.165) is 77.8 Å². The molecule has 1 aromatic heterocycles. The lowest BCUT2D eigenvalue weighted by Crippen LogP contribution is -2.54. The topological polar surface area (TPSA) is 166 Å². The number of imide groups is 2. The van der Waals surface area contributed by atoms with Gasteiger partial charge in [-0.3, -0.25) is 34.3 Å². The lowest BCUT2D eigenvalue weighted by molar-refractivity contribution is -0.136. The third kappa shape index (κ3) is 11.6. The van der Waals surface area contributed by atoms with Crippen molar-refractivity contribution in [3.05, 3.63) is 83.0 Å². The number of unbranched alkanes of at least 4 members (excludes halogenated alkanes) is 8. The molecule has 2 fully saturated rings. The summed E-state index contributed by atoms with van der Waals surface area (Å²) in [6.07, 6.45) is 12.5. The summed E-state index contributed by atoms with van der Waals surface area (Å²) in [6.45, 7) is 8.52. The molecule has 3 aliphatic rings. The predicted octanol–water partition coefficient (Wildman–Crippen LogP) is 8.70.